The maximum atomic E-state index is 6.36. The molecular formula is C18H29NO2. The summed E-state index contributed by atoms with van der Waals surface area (Å²) in [5.74, 6) is 0.963. The molecule has 2 atom stereocenters. The third-order valence-electron chi connectivity index (χ3n) is 4.16. The molecule has 0 saturated carbocycles. The molecule has 118 valence electrons. The Labute approximate surface area is 129 Å². The first-order valence-electron chi connectivity index (χ1n) is 7.94. The molecule has 0 bridgehead atoms. The third kappa shape index (κ3) is 3.78. The van der Waals surface area contributed by atoms with E-state index in [2.05, 4.69) is 65.1 Å². The van der Waals surface area contributed by atoms with Crippen LogP contribution in [-0.2, 0) is 4.74 Å². The highest BCUT2D eigenvalue weighted by atomic mass is 16.6. The fourth-order valence-corrected chi connectivity index (χ4v) is 3.21. The summed E-state index contributed by atoms with van der Waals surface area (Å²) in [7, 11) is 0. The van der Waals surface area contributed by atoms with E-state index < -0.39 is 0 Å². The quantitative estimate of drug-likeness (QED) is 0.886. The number of hydrogen-bond acceptors (Lipinski definition) is 3. The highest BCUT2D eigenvalue weighted by molar-refractivity contribution is 5.36. The van der Waals surface area contributed by atoms with Crippen molar-refractivity contribution in [1.29, 1.82) is 0 Å². The summed E-state index contributed by atoms with van der Waals surface area (Å²) in [5, 5.41) is 3.45. The summed E-state index contributed by atoms with van der Waals surface area (Å²) < 4.78 is 12.5. The van der Waals surface area contributed by atoms with Crippen LogP contribution in [0, 0.1) is 0 Å². The van der Waals surface area contributed by atoms with Gasteiger partial charge in [-0.25, -0.2) is 0 Å². The first-order chi connectivity index (χ1) is 9.75. The van der Waals surface area contributed by atoms with E-state index in [0.29, 0.717) is 0 Å². The molecule has 0 aromatic heterocycles. The van der Waals surface area contributed by atoms with E-state index >= 15 is 0 Å². The molecule has 1 aliphatic rings. The molecule has 1 aliphatic heterocycles. The van der Waals surface area contributed by atoms with Crippen LogP contribution in [0.15, 0.2) is 24.3 Å². The number of rotatable bonds is 5. The average Bonchev–Trinajstić information content (AvgIpc) is 2.58. The van der Waals surface area contributed by atoms with Gasteiger partial charge >= 0.3 is 0 Å². The second kappa shape index (κ2) is 5.98. The molecule has 0 aliphatic carbocycles. The van der Waals surface area contributed by atoms with Gasteiger partial charge in [-0.2, -0.15) is 0 Å². The lowest BCUT2D eigenvalue weighted by molar-refractivity contribution is -0.0847. The number of ether oxygens (including phenoxy) is 2. The molecule has 1 saturated heterocycles. The van der Waals surface area contributed by atoms with Crippen molar-refractivity contribution in [3.8, 4) is 5.75 Å². The average molecular weight is 291 g/mol. The van der Waals surface area contributed by atoms with Crippen molar-refractivity contribution in [2.75, 3.05) is 6.54 Å². The molecule has 1 fully saturated rings. The largest absolute Gasteiger partial charge is 0.487 e. The van der Waals surface area contributed by atoms with Crippen LogP contribution in [0.4, 0.5) is 0 Å². The Balaban J connectivity index is 2.20. The highest BCUT2D eigenvalue weighted by Gasteiger charge is 2.47. The number of benzene rings is 1. The molecular weight excluding hydrogens is 262 g/mol. The van der Waals surface area contributed by atoms with E-state index in [1.165, 1.54) is 5.56 Å². The first kappa shape index (κ1) is 16.3. The first-order valence-corrected chi connectivity index (χ1v) is 7.94. The maximum Gasteiger partial charge on any atom is 0.130 e. The summed E-state index contributed by atoms with van der Waals surface area (Å²) in [6.07, 6.45) is 0.978. The molecule has 2 unspecified atom stereocenters. The second-order valence-corrected chi connectivity index (χ2v) is 7.09. The van der Waals surface area contributed by atoms with Gasteiger partial charge in [0.25, 0.3) is 0 Å². The molecule has 0 amide bonds. The van der Waals surface area contributed by atoms with Crippen LogP contribution in [0.5, 0.6) is 5.75 Å². The van der Waals surface area contributed by atoms with E-state index in [0.717, 1.165) is 18.7 Å². The Bertz CT molecular complexity index is 482. The second-order valence-electron chi connectivity index (χ2n) is 7.09. The van der Waals surface area contributed by atoms with Crippen molar-refractivity contribution >= 4 is 0 Å². The zero-order chi connectivity index (χ0) is 15.7. The van der Waals surface area contributed by atoms with E-state index in [1.807, 2.05) is 6.07 Å². The van der Waals surface area contributed by atoms with Crippen LogP contribution >= 0.6 is 0 Å². The Morgan fingerprint density at radius 3 is 2.52 bits per heavy atom. The molecule has 2 rings (SSSR count). The van der Waals surface area contributed by atoms with Gasteiger partial charge in [-0.3, -0.25) is 0 Å². The lowest BCUT2D eigenvalue weighted by Gasteiger charge is -2.28. The van der Waals surface area contributed by atoms with Crippen molar-refractivity contribution in [3.05, 3.63) is 29.8 Å². The molecule has 0 spiro atoms. The van der Waals surface area contributed by atoms with Crippen LogP contribution in [0.25, 0.3) is 0 Å². The topological polar surface area (TPSA) is 30.5 Å². The highest BCUT2D eigenvalue weighted by Crippen LogP contribution is 2.40. The zero-order valence-electron chi connectivity index (χ0n) is 14.2. The van der Waals surface area contributed by atoms with Gasteiger partial charge in [0.2, 0.25) is 0 Å². The Morgan fingerprint density at radius 2 is 1.95 bits per heavy atom. The summed E-state index contributed by atoms with van der Waals surface area (Å²) in [5.41, 5.74) is 0.814. The normalized spacial score (nSPS) is 24.8. The van der Waals surface area contributed by atoms with E-state index in [9.17, 15) is 0 Å². The molecule has 1 aromatic rings. The summed E-state index contributed by atoms with van der Waals surface area (Å²) >= 11 is 0. The van der Waals surface area contributed by atoms with Gasteiger partial charge < -0.3 is 14.8 Å². The van der Waals surface area contributed by atoms with Crippen molar-refractivity contribution in [1.82, 2.24) is 5.32 Å². The number of hydrogen-bond donors (Lipinski definition) is 1. The molecule has 3 nitrogen and oxygen atoms in total. The van der Waals surface area contributed by atoms with Crippen molar-refractivity contribution in [3.63, 3.8) is 0 Å². The maximum absolute atomic E-state index is 6.36. The fourth-order valence-electron chi connectivity index (χ4n) is 3.21. The summed E-state index contributed by atoms with van der Waals surface area (Å²) in [6.45, 7) is 13.7. The van der Waals surface area contributed by atoms with Gasteiger partial charge in [0.05, 0.1) is 5.60 Å². The zero-order valence-corrected chi connectivity index (χ0v) is 14.2. The molecule has 3 heteroatoms. The van der Waals surface area contributed by atoms with Crippen LogP contribution in [-0.4, -0.2) is 23.9 Å². The molecule has 1 N–H and O–H groups in total. The fraction of sp³-hybridized carbons (Fsp3) is 0.667. The Kier molecular flexibility index (Phi) is 4.64. The van der Waals surface area contributed by atoms with Crippen molar-refractivity contribution in [2.24, 2.45) is 0 Å². The van der Waals surface area contributed by atoms with Gasteiger partial charge in [-0.15, -0.1) is 0 Å². The van der Waals surface area contributed by atoms with E-state index in [1.54, 1.807) is 0 Å². The van der Waals surface area contributed by atoms with E-state index in [-0.39, 0.29) is 23.3 Å². The van der Waals surface area contributed by atoms with Gasteiger partial charge in [-0.05, 0) is 47.2 Å². The predicted octanol–water partition coefficient (Wildman–Crippen LogP) is 4.08. The van der Waals surface area contributed by atoms with Gasteiger partial charge in [0.1, 0.15) is 17.5 Å². The lowest BCUT2D eigenvalue weighted by Crippen LogP contribution is -2.37. The number of nitrogens with one attached hydrogen (secondary N) is 1. The van der Waals surface area contributed by atoms with E-state index in [4.69, 9.17) is 9.47 Å². The van der Waals surface area contributed by atoms with Gasteiger partial charge in [-0.1, -0.05) is 25.1 Å². The number of para-hydroxylation sites is 1. The predicted molar refractivity (Wildman–Crippen MR) is 86.8 cm³/mol. The smallest absolute Gasteiger partial charge is 0.130 e. The third-order valence-corrected chi connectivity index (χ3v) is 4.16. The Morgan fingerprint density at radius 1 is 1.29 bits per heavy atom. The van der Waals surface area contributed by atoms with Crippen molar-refractivity contribution in [2.45, 2.75) is 71.3 Å². The SMILES string of the molecule is CCNC(C)c1ccccc1OC1CC(C)(C)OC1(C)C. The summed E-state index contributed by atoms with van der Waals surface area (Å²) in [4.78, 5) is 0. The standard InChI is InChI=1S/C18H29NO2/c1-7-19-13(2)14-10-8-9-11-15(14)20-16-12-17(3,4)21-18(16,5)6/h8-11,13,16,19H,7,12H2,1-6H3. The molecule has 1 aromatic carbocycles. The minimum absolute atomic E-state index is 0.0717. The van der Waals surface area contributed by atoms with Crippen LogP contribution in [0.1, 0.15) is 59.6 Å². The van der Waals surface area contributed by atoms with Crippen LogP contribution in [0.2, 0.25) is 0 Å². The Hall–Kier alpha value is -1.06. The van der Waals surface area contributed by atoms with Crippen LogP contribution < -0.4 is 10.1 Å². The molecule has 21 heavy (non-hydrogen) atoms. The van der Waals surface area contributed by atoms with Gasteiger partial charge in [0, 0.05) is 18.0 Å². The summed E-state index contributed by atoms with van der Waals surface area (Å²) in [6, 6.07) is 8.58. The minimum Gasteiger partial charge on any atom is -0.487 e. The van der Waals surface area contributed by atoms with Crippen LogP contribution in [0.3, 0.4) is 0 Å². The minimum atomic E-state index is -0.266. The molecule has 0 radical (unpaired) electrons. The van der Waals surface area contributed by atoms with Crippen molar-refractivity contribution < 1.29 is 9.47 Å². The lowest BCUT2D eigenvalue weighted by atomic mass is 9.97. The monoisotopic (exact) mass is 291 g/mol. The molecule has 1 heterocycles. The van der Waals surface area contributed by atoms with Gasteiger partial charge in [0.15, 0.2) is 0 Å².